The van der Waals surface area contributed by atoms with Crippen LogP contribution in [0.2, 0.25) is 5.02 Å². The summed E-state index contributed by atoms with van der Waals surface area (Å²) in [5.41, 5.74) is 0. The summed E-state index contributed by atoms with van der Waals surface area (Å²) in [5, 5.41) is 10.8. The van der Waals surface area contributed by atoms with Gasteiger partial charge in [0, 0.05) is 37.7 Å². The number of piperazine rings is 1. The van der Waals surface area contributed by atoms with Crippen LogP contribution in [-0.2, 0) is 0 Å². The van der Waals surface area contributed by atoms with E-state index in [1.165, 1.54) is 13.0 Å². The van der Waals surface area contributed by atoms with Gasteiger partial charge in [0.1, 0.15) is 18.5 Å². The lowest BCUT2D eigenvalue weighted by atomic mass is 10.2. The first-order valence-corrected chi connectivity index (χ1v) is 8.06. The normalized spacial score (nSPS) is 18.6. The molecule has 0 amide bonds. The SMILES string of the molecule is CCCN1CCN(CC(O)COc2ccc(Cl)cc2)CC1. The Morgan fingerprint density at radius 2 is 1.76 bits per heavy atom. The molecule has 21 heavy (non-hydrogen) atoms. The van der Waals surface area contributed by atoms with Gasteiger partial charge in [-0.05, 0) is 37.2 Å². The summed E-state index contributed by atoms with van der Waals surface area (Å²) < 4.78 is 5.58. The highest BCUT2D eigenvalue weighted by Crippen LogP contribution is 2.15. The molecule has 0 bridgehead atoms. The van der Waals surface area contributed by atoms with Crippen LogP contribution in [0.1, 0.15) is 13.3 Å². The summed E-state index contributed by atoms with van der Waals surface area (Å²) in [5.74, 6) is 0.742. The van der Waals surface area contributed by atoms with Crippen molar-refractivity contribution in [2.45, 2.75) is 19.4 Å². The molecule has 1 saturated heterocycles. The van der Waals surface area contributed by atoms with Crippen LogP contribution in [0, 0.1) is 0 Å². The molecule has 0 aromatic heterocycles. The van der Waals surface area contributed by atoms with E-state index in [9.17, 15) is 5.11 Å². The molecule has 118 valence electrons. The number of β-amino-alcohol motifs (C(OH)–C–C–N with tert-alkyl or cyclic N) is 1. The maximum absolute atomic E-state index is 10.1. The van der Waals surface area contributed by atoms with Gasteiger partial charge in [0.15, 0.2) is 0 Å². The highest BCUT2D eigenvalue weighted by atomic mass is 35.5. The van der Waals surface area contributed by atoms with Crippen molar-refractivity contribution >= 4 is 11.6 Å². The third kappa shape index (κ3) is 5.83. The maximum atomic E-state index is 10.1. The molecule has 1 heterocycles. The van der Waals surface area contributed by atoms with Crippen molar-refractivity contribution in [1.82, 2.24) is 9.80 Å². The van der Waals surface area contributed by atoms with E-state index in [4.69, 9.17) is 16.3 Å². The van der Waals surface area contributed by atoms with Gasteiger partial charge in [0.2, 0.25) is 0 Å². The maximum Gasteiger partial charge on any atom is 0.119 e. The molecule has 1 aromatic rings. The van der Waals surface area contributed by atoms with Crippen molar-refractivity contribution in [3.63, 3.8) is 0 Å². The van der Waals surface area contributed by atoms with E-state index in [0.717, 1.165) is 31.9 Å². The Labute approximate surface area is 132 Å². The molecule has 1 unspecified atom stereocenters. The Kier molecular flexibility index (Phi) is 6.77. The number of aliphatic hydroxyl groups excluding tert-OH is 1. The van der Waals surface area contributed by atoms with Gasteiger partial charge in [-0.3, -0.25) is 4.90 Å². The van der Waals surface area contributed by atoms with E-state index >= 15 is 0 Å². The molecular formula is C16H25ClN2O2. The van der Waals surface area contributed by atoms with E-state index < -0.39 is 6.10 Å². The Bertz CT molecular complexity index is 405. The minimum absolute atomic E-state index is 0.316. The molecule has 0 saturated carbocycles. The van der Waals surface area contributed by atoms with E-state index in [2.05, 4.69) is 16.7 Å². The van der Waals surface area contributed by atoms with Gasteiger partial charge >= 0.3 is 0 Å². The second-order valence-corrected chi connectivity index (χ2v) is 6.00. The predicted octanol–water partition coefficient (Wildman–Crippen LogP) is 2.11. The fourth-order valence-electron chi connectivity index (χ4n) is 2.59. The topological polar surface area (TPSA) is 35.9 Å². The summed E-state index contributed by atoms with van der Waals surface area (Å²) in [7, 11) is 0. The van der Waals surface area contributed by atoms with Crippen molar-refractivity contribution in [3.05, 3.63) is 29.3 Å². The largest absolute Gasteiger partial charge is 0.491 e. The number of nitrogens with zero attached hydrogens (tertiary/aromatic N) is 2. The third-order valence-electron chi connectivity index (χ3n) is 3.73. The number of rotatable bonds is 7. The molecule has 2 rings (SSSR count). The minimum Gasteiger partial charge on any atom is -0.491 e. The molecule has 1 atom stereocenters. The van der Waals surface area contributed by atoms with E-state index in [0.29, 0.717) is 18.2 Å². The standard InChI is InChI=1S/C16H25ClN2O2/c1-2-7-18-8-10-19(11-9-18)12-15(20)13-21-16-5-3-14(17)4-6-16/h3-6,15,20H,2,7-13H2,1H3. The fraction of sp³-hybridized carbons (Fsp3) is 0.625. The summed E-state index contributed by atoms with van der Waals surface area (Å²) in [6.45, 7) is 8.62. The lowest BCUT2D eigenvalue weighted by molar-refractivity contribution is 0.0461. The molecule has 1 aliphatic heterocycles. The molecule has 0 aliphatic carbocycles. The van der Waals surface area contributed by atoms with Crippen LogP contribution >= 0.6 is 11.6 Å². The molecule has 0 radical (unpaired) electrons. The molecule has 1 N–H and O–H groups in total. The van der Waals surface area contributed by atoms with E-state index in [1.54, 1.807) is 12.1 Å². The zero-order valence-electron chi connectivity index (χ0n) is 12.7. The van der Waals surface area contributed by atoms with Crippen LogP contribution < -0.4 is 4.74 Å². The van der Waals surface area contributed by atoms with Crippen molar-refractivity contribution in [2.24, 2.45) is 0 Å². The van der Waals surface area contributed by atoms with Gasteiger partial charge in [-0.2, -0.15) is 0 Å². The Hall–Kier alpha value is -0.810. The highest BCUT2D eigenvalue weighted by molar-refractivity contribution is 6.30. The smallest absolute Gasteiger partial charge is 0.119 e. The zero-order valence-corrected chi connectivity index (χ0v) is 13.4. The number of ether oxygens (including phenoxy) is 1. The van der Waals surface area contributed by atoms with Crippen LogP contribution in [0.25, 0.3) is 0 Å². The van der Waals surface area contributed by atoms with Crippen LogP contribution in [0.15, 0.2) is 24.3 Å². The Morgan fingerprint density at radius 3 is 2.38 bits per heavy atom. The van der Waals surface area contributed by atoms with Crippen LogP contribution in [-0.4, -0.2) is 66.9 Å². The Balaban J connectivity index is 1.65. The van der Waals surface area contributed by atoms with Crippen molar-refractivity contribution < 1.29 is 9.84 Å². The summed E-state index contributed by atoms with van der Waals surface area (Å²) in [4.78, 5) is 4.79. The summed E-state index contributed by atoms with van der Waals surface area (Å²) in [6.07, 6.45) is 0.746. The van der Waals surface area contributed by atoms with Crippen LogP contribution in [0.4, 0.5) is 0 Å². The average Bonchev–Trinajstić information content (AvgIpc) is 2.49. The second-order valence-electron chi connectivity index (χ2n) is 5.56. The van der Waals surface area contributed by atoms with Gasteiger partial charge in [-0.1, -0.05) is 18.5 Å². The lowest BCUT2D eigenvalue weighted by Crippen LogP contribution is -2.49. The summed E-state index contributed by atoms with van der Waals surface area (Å²) >= 11 is 5.82. The molecule has 1 fully saturated rings. The molecule has 1 aliphatic rings. The first-order valence-electron chi connectivity index (χ1n) is 7.68. The number of hydrogen-bond donors (Lipinski definition) is 1. The van der Waals surface area contributed by atoms with Gasteiger partial charge in [-0.15, -0.1) is 0 Å². The molecule has 5 heteroatoms. The average molecular weight is 313 g/mol. The minimum atomic E-state index is -0.460. The first kappa shape index (κ1) is 16.6. The molecule has 4 nitrogen and oxygen atoms in total. The highest BCUT2D eigenvalue weighted by Gasteiger charge is 2.18. The van der Waals surface area contributed by atoms with Crippen LogP contribution in [0.3, 0.4) is 0 Å². The van der Waals surface area contributed by atoms with Gasteiger partial charge < -0.3 is 14.7 Å². The van der Waals surface area contributed by atoms with E-state index in [1.807, 2.05) is 12.1 Å². The van der Waals surface area contributed by atoms with Gasteiger partial charge in [0.25, 0.3) is 0 Å². The first-order chi connectivity index (χ1) is 10.2. The number of aliphatic hydroxyl groups is 1. The number of halogens is 1. The quantitative estimate of drug-likeness (QED) is 0.836. The third-order valence-corrected chi connectivity index (χ3v) is 3.98. The summed E-state index contributed by atoms with van der Waals surface area (Å²) in [6, 6.07) is 7.21. The van der Waals surface area contributed by atoms with Crippen molar-refractivity contribution in [1.29, 1.82) is 0 Å². The van der Waals surface area contributed by atoms with Crippen molar-refractivity contribution in [3.8, 4) is 5.75 Å². The second kappa shape index (κ2) is 8.59. The monoisotopic (exact) mass is 312 g/mol. The van der Waals surface area contributed by atoms with Crippen LogP contribution in [0.5, 0.6) is 5.75 Å². The number of benzene rings is 1. The lowest BCUT2D eigenvalue weighted by Gasteiger charge is -2.35. The Morgan fingerprint density at radius 1 is 1.14 bits per heavy atom. The number of hydrogen-bond acceptors (Lipinski definition) is 4. The van der Waals surface area contributed by atoms with E-state index in [-0.39, 0.29) is 0 Å². The molecule has 0 spiro atoms. The van der Waals surface area contributed by atoms with Gasteiger partial charge in [0.05, 0.1) is 0 Å². The predicted molar refractivity (Wildman–Crippen MR) is 86.1 cm³/mol. The van der Waals surface area contributed by atoms with Crippen molar-refractivity contribution in [2.75, 3.05) is 45.9 Å². The molecule has 1 aromatic carbocycles. The van der Waals surface area contributed by atoms with Gasteiger partial charge in [-0.25, -0.2) is 0 Å². The molecular weight excluding hydrogens is 288 g/mol. The zero-order chi connectivity index (χ0) is 15.1. The fourth-order valence-corrected chi connectivity index (χ4v) is 2.71.